The summed E-state index contributed by atoms with van der Waals surface area (Å²) in [5.41, 5.74) is 0.624. The molecular formula is C18H24ClN3O2. The summed E-state index contributed by atoms with van der Waals surface area (Å²) in [7, 11) is 0. The van der Waals surface area contributed by atoms with Crippen molar-refractivity contribution in [1.29, 1.82) is 0 Å². The Hall–Kier alpha value is -1.59. The van der Waals surface area contributed by atoms with Gasteiger partial charge in [0, 0.05) is 17.6 Å². The van der Waals surface area contributed by atoms with Crippen LogP contribution in [0, 0.1) is 0 Å². The molecule has 24 heavy (non-hydrogen) atoms. The Labute approximate surface area is 147 Å². The van der Waals surface area contributed by atoms with E-state index < -0.39 is 5.54 Å². The molecule has 1 spiro atoms. The minimum atomic E-state index is -0.671. The molecule has 1 aromatic rings. The van der Waals surface area contributed by atoms with Crippen LogP contribution in [0.1, 0.15) is 50.5 Å². The van der Waals surface area contributed by atoms with Gasteiger partial charge in [-0.15, -0.1) is 0 Å². The zero-order chi connectivity index (χ0) is 17.2. The highest BCUT2D eigenvalue weighted by Crippen LogP contribution is 2.31. The molecule has 3 amide bonds. The normalized spacial score (nSPS) is 27.8. The van der Waals surface area contributed by atoms with Crippen LogP contribution < -0.4 is 16.0 Å². The average molecular weight is 350 g/mol. The van der Waals surface area contributed by atoms with E-state index in [1.54, 1.807) is 0 Å². The smallest absolute Gasteiger partial charge is 0.322 e. The van der Waals surface area contributed by atoms with E-state index in [-0.39, 0.29) is 11.9 Å². The number of hydrogen-bond acceptors (Lipinski definition) is 3. The molecule has 130 valence electrons. The summed E-state index contributed by atoms with van der Waals surface area (Å²) in [5, 5.41) is 9.57. The first kappa shape index (κ1) is 17.2. The maximum absolute atomic E-state index is 12.0. The van der Waals surface area contributed by atoms with E-state index in [1.165, 1.54) is 5.56 Å². The molecule has 3 rings (SSSR count). The lowest BCUT2D eigenvalue weighted by Gasteiger charge is -2.35. The van der Waals surface area contributed by atoms with Gasteiger partial charge in [-0.25, -0.2) is 4.79 Å². The van der Waals surface area contributed by atoms with E-state index in [4.69, 9.17) is 11.6 Å². The Kier molecular flexibility index (Phi) is 5.11. The molecule has 1 aliphatic carbocycles. The van der Waals surface area contributed by atoms with Gasteiger partial charge in [0.15, 0.2) is 0 Å². The predicted octanol–water partition coefficient (Wildman–Crippen LogP) is 2.94. The molecule has 0 aromatic heterocycles. The standard InChI is InChI=1S/C18H24ClN3O2/c1-2-12(13-3-5-14(19)6-4-13)11-20-15-7-9-18(10-8-15)16(23)21-17(24)22-18/h3-6,12,15,20H,2,7-11H2,1H3,(H2,21,22,23,24)/t12-,15?,18?/m0/s1. The Morgan fingerprint density at radius 3 is 2.46 bits per heavy atom. The van der Waals surface area contributed by atoms with E-state index in [9.17, 15) is 9.59 Å². The third-order valence-electron chi connectivity index (χ3n) is 5.34. The van der Waals surface area contributed by atoms with E-state index in [0.29, 0.717) is 24.8 Å². The lowest BCUT2D eigenvalue weighted by molar-refractivity contribution is -0.125. The van der Waals surface area contributed by atoms with E-state index in [0.717, 1.165) is 30.8 Å². The quantitative estimate of drug-likeness (QED) is 0.716. The van der Waals surface area contributed by atoms with Crippen LogP contribution in [0.4, 0.5) is 4.79 Å². The average Bonchev–Trinajstić information content (AvgIpc) is 2.85. The summed E-state index contributed by atoms with van der Waals surface area (Å²) >= 11 is 5.96. The van der Waals surface area contributed by atoms with Crippen molar-refractivity contribution in [3.05, 3.63) is 34.9 Å². The maximum Gasteiger partial charge on any atom is 0.322 e. The molecule has 0 unspecified atom stereocenters. The van der Waals surface area contributed by atoms with Crippen molar-refractivity contribution in [2.75, 3.05) is 6.54 Å². The van der Waals surface area contributed by atoms with Gasteiger partial charge in [-0.1, -0.05) is 30.7 Å². The molecule has 1 aliphatic heterocycles. The van der Waals surface area contributed by atoms with Crippen LogP contribution in [-0.4, -0.2) is 30.1 Å². The lowest BCUT2D eigenvalue weighted by atomic mass is 9.79. The Balaban J connectivity index is 1.52. The van der Waals surface area contributed by atoms with Gasteiger partial charge in [0.2, 0.25) is 0 Å². The van der Waals surface area contributed by atoms with Crippen molar-refractivity contribution in [1.82, 2.24) is 16.0 Å². The van der Waals surface area contributed by atoms with Gasteiger partial charge < -0.3 is 10.6 Å². The molecule has 0 radical (unpaired) electrons. The number of carbonyl (C=O) groups is 2. The van der Waals surface area contributed by atoms with E-state index in [1.807, 2.05) is 12.1 Å². The van der Waals surface area contributed by atoms with Gasteiger partial charge in [0.25, 0.3) is 5.91 Å². The number of hydrogen-bond donors (Lipinski definition) is 3. The monoisotopic (exact) mass is 349 g/mol. The summed E-state index contributed by atoms with van der Waals surface area (Å²) in [6.45, 7) is 3.10. The van der Waals surface area contributed by atoms with Crippen LogP contribution in [-0.2, 0) is 4.79 Å². The highest BCUT2D eigenvalue weighted by Gasteiger charge is 2.47. The first-order chi connectivity index (χ1) is 11.5. The number of halogens is 1. The minimum absolute atomic E-state index is 0.168. The van der Waals surface area contributed by atoms with Crippen molar-refractivity contribution in [3.8, 4) is 0 Å². The summed E-state index contributed by atoms with van der Waals surface area (Å²) in [6, 6.07) is 8.08. The molecule has 6 heteroatoms. The van der Waals surface area contributed by atoms with Crippen molar-refractivity contribution >= 4 is 23.5 Å². The molecule has 1 heterocycles. The number of urea groups is 1. The predicted molar refractivity (Wildman–Crippen MR) is 94.1 cm³/mol. The minimum Gasteiger partial charge on any atom is -0.323 e. The van der Waals surface area contributed by atoms with Crippen LogP contribution in [0.25, 0.3) is 0 Å². The van der Waals surface area contributed by atoms with Crippen LogP contribution in [0.2, 0.25) is 5.02 Å². The fourth-order valence-corrected chi connectivity index (χ4v) is 3.86. The Morgan fingerprint density at radius 2 is 1.92 bits per heavy atom. The van der Waals surface area contributed by atoms with Gasteiger partial charge in [0.05, 0.1) is 0 Å². The maximum atomic E-state index is 12.0. The second kappa shape index (κ2) is 7.11. The highest BCUT2D eigenvalue weighted by molar-refractivity contribution is 6.30. The molecule has 1 aromatic carbocycles. The largest absolute Gasteiger partial charge is 0.323 e. The van der Waals surface area contributed by atoms with Gasteiger partial charge in [-0.3, -0.25) is 10.1 Å². The van der Waals surface area contributed by atoms with Crippen molar-refractivity contribution < 1.29 is 9.59 Å². The van der Waals surface area contributed by atoms with Gasteiger partial charge in [-0.05, 0) is 55.7 Å². The number of benzene rings is 1. The number of carbonyl (C=O) groups excluding carboxylic acids is 2. The first-order valence-electron chi connectivity index (χ1n) is 8.65. The first-order valence-corrected chi connectivity index (χ1v) is 9.02. The molecule has 1 saturated carbocycles. The van der Waals surface area contributed by atoms with Crippen molar-refractivity contribution in [2.45, 2.75) is 56.5 Å². The van der Waals surface area contributed by atoms with Gasteiger partial charge in [-0.2, -0.15) is 0 Å². The summed E-state index contributed by atoms with van der Waals surface area (Å²) < 4.78 is 0. The van der Waals surface area contributed by atoms with Gasteiger partial charge in [0.1, 0.15) is 5.54 Å². The van der Waals surface area contributed by atoms with Crippen LogP contribution >= 0.6 is 11.6 Å². The molecule has 2 aliphatic rings. The van der Waals surface area contributed by atoms with E-state index >= 15 is 0 Å². The lowest BCUT2D eigenvalue weighted by Crippen LogP contribution is -2.52. The van der Waals surface area contributed by atoms with E-state index in [2.05, 4.69) is 35.0 Å². The van der Waals surface area contributed by atoms with Crippen LogP contribution in [0.5, 0.6) is 0 Å². The summed E-state index contributed by atoms with van der Waals surface area (Å²) in [4.78, 5) is 23.3. The van der Waals surface area contributed by atoms with Gasteiger partial charge >= 0.3 is 6.03 Å². The zero-order valence-electron chi connectivity index (χ0n) is 13.9. The topological polar surface area (TPSA) is 70.2 Å². The van der Waals surface area contributed by atoms with Crippen molar-refractivity contribution in [3.63, 3.8) is 0 Å². The molecule has 5 nitrogen and oxygen atoms in total. The Bertz CT molecular complexity index is 609. The molecule has 3 N–H and O–H groups in total. The number of rotatable bonds is 5. The third kappa shape index (κ3) is 3.57. The van der Waals surface area contributed by atoms with Crippen LogP contribution in [0.15, 0.2) is 24.3 Å². The fraction of sp³-hybridized carbons (Fsp3) is 0.556. The SMILES string of the molecule is CC[C@@H](CNC1CCC2(CC1)NC(=O)NC2=O)c1ccc(Cl)cc1. The molecule has 0 bridgehead atoms. The molecule has 1 atom stereocenters. The second-order valence-electron chi connectivity index (χ2n) is 6.83. The molecular weight excluding hydrogens is 326 g/mol. The summed E-state index contributed by atoms with van der Waals surface area (Å²) in [5.74, 6) is 0.284. The zero-order valence-corrected chi connectivity index (χ0v) is 14.7. The van der Waals surface area contributed by atoms with Crippen LogP contribution in [0.3, 0.4) is 0 Å². The number of nitrogens with one attached hydrogen (secondary N) is 3. The number of imide groups is 1. The fourth-order valence-electron chi connectivity index (χ4n) is 3.74. The Morgan fingerprint density at radius 1 is 1.25 bits per heavy atom. The molecule has 1 saturated heterocycles. The number of amides is 3. The second-order valence-corrected chi connectivity index (χ2v) is 7.27. The summed E-state index contributed by atoms with van der Waals surface area (Å²) in [6.07, 6.45) is 4.24. The molecule has 2 fully saturated rings. The third-order valence-corrected chi connectivity index (χ3v) is 5.59. The van der Waals surface area contributed by atoms with Crippen molar-refractivity contribution in [2.24, 2.45) is 0 Å². The highest BCUT2D eigenvalue weighted by atomic mass is 35.5.